The van der Waals surface area contributed by atoms with Crippen LogP contribution in [0.1, 0.15) is 5.56 Å². The minimum Gasteiger partial charge on any atom is -0.383 e. The molecule has 7 heteroatoms. The summed E-state index contributed by atoms with van der Waals surface area (Å²) in [5, 5.41) is 12.1. The van der Waals surface area contributed by atoms with Crippen LogP contribution in [0.25, 0.3) is 16.7 Å². The molecular weight excluding hydrogens is 352 g/mol. The van der Waals surface area contributed by atoms with E-state index in [1.54, 1.807) is 13.3 Å². The van der Waals surface area contributed by atoms with Gasteiger partial charge in [-0.3, -0.25) is 0 Å². The number of ether oxygens (including phenoxy) is 1. The quantitative estimate of drug-likeness (QED) is 0.460. The Morgan fingerprint density at radius 1 is 0.929 bits per heavy atom. The van der Waals surface area contributed by atoms with E-state index < -0.39 is 0 Å². The second-order valence-corrected chi connectivity index (χ2v) is 6.28. The Morgan fingerprint density at radius 3 is 2.43 bits per heavy atom. The van der Waals surface area contributed by atoms with E-state index in [1.165, 1.54) is 5.56 Å². The van der Waals surface area contributed by atoms with Crippen LogP contribution < -0.4 is 10.6 Å². The van der Waals surface area contributed by atoms with Crippen LogP contribution in [0.2, 0.25) is 0 Å². The van der Waals surface area contributed by atoms with Gasteiger partial charge in [0.15, 0.2) is 5.65 Å². The molecule has 4 rings (SSSR count). The van der Waals surface area contributed by atoms with Crippen molar-refractivity contribution in [3.63, 3.8) is 0 Å². The first-order chi connectivity index (χ1) is 13.8. The van der Waals surface area contributed by atoms with E-state index in [1.807, 2.05) is 53.2 Å². The lowest BCUT2D eigenvalue weighted by Gasteiger charge is -2.11. The van der Waals surface area contributed by atoms with Gasteiger partial charge in [-0.25, -0.2) is 4.68 Å². The fourth-order valence-corrected chi connectivity index (χ4v) is 2.93. The highest BCUT2D eigenvalue weighted by atomic mass is 16.5. The highest BCUT2D eigenvalue weighted by molar-refractivity contribution is 5.88. The Morgan fingerprint density at radius 2 is 1.68 bits per heavy atom. The molecule has 0 aliphatic heterocycles. The van der Waals surface area contributed by atoms with Crippen molar-refractivity contribution >= 4 is 22.8 Å². The zero-order chi connectivity index (χ0) is 19.2. The first kappa shape index (κ1) is 17.9. The van der Waals surface area contributed by atoms with Crippen molar-refractivity contribution in [3.05, 3.63) is 72.4 Å². The number of benzene rings is 2. The van der Waals surface area contributed by atoms with E-state index in [0.717, 1.165) is 22.5 Å². The second-order valence-electron chi connectivity index (χ2n) is 6.28. The number of nitrogens with zero attached hydrogens (tertiary/aromatic N) is 4. The maximum atomic E-state index is 5.11. The number of methoxy groups -OCH3 is 1. The first-order valence-electron chi connectivity index (χ1n) is 9.17. The van der Waals surface area contributed by atoms with Crippen LogP contribution in [0, 0.1) is 0 Å². The zero-order valence-corrected chi connectivity index (χ0v) is 15.7. The lowest BCUT2D eigenvalue weighted by molar-refractivity contribution is 0.210. The lowest BCUT2D eigenvalue weighted by atomic mass is 10.2. The van der Waals surface area contributed by atoms with Crippen molar-refractivity contribution in [1.82, 2.24) is 19.7 Å². The molecule has 2 aromatic carbocycles. The van der Waals surface area contributed by atoms with Crippen molar-refractivity contribution in [2.24, 2.45) is 0 Å². The van der Waals surface area contributed by atoms with Crippen molar-refractivity contribution in [2.75, 3.05) is 30.9 Å². The number of hydrogen-bond acceptors (Lipinski definition) is 6. The number of para-hydroxylation sites is 1. The van der Waals surface area contributed by atoms with E-state index in [4.69, 9.17) is 4.74 Å². The summed E-state index contributed by atoms with van der Waals surface area (Å²) in [7, 11) is 1.67. The Kier molecular flexibility index (Phi) is 5.44. The number of fused-ring (bicyclic) bond motifs is 1. The smallest absolute Gasteiger partial charge is 0.226 e. The molecule has 0 saturated heterocycles. The lowest BCUT2D eigenvalue weighted by Crippen LogP contribution is -2.12. The van der Waals surface area contributed by atoms with Gasteiger partial charge in [-0.1, -0.05) is 48.5 Å². The molecule has 0 radical (unpaired) electrons. The number of hydrogen-bond donors (Lipinski definition) is 2. The van der Waals surface area contributed by atoms with E-state index in [-0.39, 0.29) is 0 Å². The van der Waals surface area contributed by atoms with Gasteiger partial charge in [-0.05, 0) is 17.7 Å². The molecule has 0 unspecified atom stereocenters. The fourth-order valence-electron chi connectivity index (χ4n) is 2.93. The van der Waals surface area contributed by atoms with Crippen LogP contribution in [0.5, 0.6) is 0 Å². The van der Waals surface area contributed by atoms with E-state index in [0.29, 0.717) is 25.6 Å². The fraction of sp³-hybridized carbons (Fsp3) is 0.190. The molecule has 2 aromatic heterocycles. The summed E-state index contributed by atoms with van der Waals surface area (Å²) in [5.41, 5.74) is 2.88. The topological polar surface area (TPSA) is 76.9 Å². The van der Waals surface area contributed by atoms with Gasteiger partial charge in [0.2, 0.25) is 5.95 Å². The summed E-state index contributed by atoms with van der Waals surface area (Å²) < 4.78 is 6.94. The Balaban J connectivity index is 1.70. The number of anilines is 2. The third kappa shape index (κ3) is 3.94. The molecule has 0 atom stereocenters. The minimum absolute atomic E-state index is 0.540. The van der Waals surface area contributed by atoms with Crippen LogP contribution in [0.3, 0.4) is 0 Å². The van der Waals surface area contributed by atoms with Crippen molar-refractivity contribution < 1.29 is 4.74 Å². The second kappa shape index (κ2) is 8.49. The van der Waals surface area contributed by atoms with Gasteiger partial charge in [0, 0.05) is 20.2 Å². The summed E-state index contributed by atoms with van der Waals surface area (Å²) >= 11 is 0. The summed E-state index contributed by atoms with van der Waals surface area (Å²) in [5.74, 6) is 1.29. The van der Waals surface area contributed by atoms with Gasteiger partial charge in [0.25, 0.3) is 0 Å². The molecule has 0 aliphatic rings. The van der Waals surface area contributed by atoms with Crippen molar-refractivity contribution in [3.8, 4) is 5.69 Å². The summed E-state index contributed by atoms with van der Waals surface area (Å²) in [6.45, 7) is 1.87. The van der Waals surface area contributed by atoms with E-state index in [9.17, 15) is 0 Å². The predicted molar refractivity (Wildman–Crippen MR) is 111 cm³/mol. The van der Waals surface area contributed by atoms with Gasteiger partial charge in [0.05, 0.1) is 23.9 Å². The molecule has 7 nitrogen and oxygen atoms in total. The highest BCUT2D eigenvalue weighted by Gasteiger charge is 2.14. The predicted octanol–water partition coefficient (Wildman–Crippen LogP) is 3.49. The van der Waals surface area contributed by atoms with Crippen LogP contribution in [0.4, 0.5) is 11.8 Å². The maximum Gasteiger partial charge on any atom is 0.226 e. The van der Waals surface area contributed by atoms with E-state index >= 15 is 0 Å². The normalized spacial score (nSPS) is 10.9. The highest BCUT2D eigenvalue weighted by Crippen LogP contribution is 2.24. The Labute approximate surface area is 163 Å². The molecule has 0 fully saturated rings. The molecule has 28 heavy (non-hydrogen) atoms. The molecule has 2 heterocycles. The largest absolute Gasteiger partial charge is 0.383 e. The molecule has 4 aromatic rings. The molecular formula is C21H22N6O. The van der Waals surface area contributed by atoms with Gasteiger partial charge >= 0.3 is 0 Å². The summed E-state index contributed by atoms with van der Waals surface area (Å²) in [6.07, 6.45) is 1.80. The Hall–Kier alpha value is -3.45. The first-order valence-corrected chi connectivity index (χ1v) is 9.17. The van der Waals surface area contributed by atoms with Crippen LogP contribution in [0.15, 0.2) is 66.9 Å². The van der Waals surface area contributed by atoms with Gasteiger partial charge in [-0.15, -0.1) is 0 Å². The summed E-state index contributed by atoms with van der Waals surface area (Å²) in [6, 6.07) is 20.2. The molecule has 2 N–H and O–H groups in total. The number of aromatic nitrogens is 4. The van der Waals surface area contributed by atoms with Crippen LogP contribution in [-0.4, -0.2) is 40.0 Å². The third-order valence-corrected chi connectivity index (χ3v) is 4.32. The van der Waals surface area contributed by atoms with Crippen LogP contribution >= 0.6 is 0 Å². The maximum absolute atomic E-state index is 5.11. The average molecular weight is 374 g/mol. The molecule has 0 aliphatic carbocycles. The summed E-state index contributed by atoms with van der Waals surface area (Å²) in [4.78, 5) is 9.33. The van der Waals surface area contributed by atoms with Crippen molar-refractivity contribution in [1.29, 1.82) is 0 Å². The molecule has 142 valence electrons. The minimum atomic E-state index is 0.540. The molecule has 0 amide bonds. The van der Waals surface area contributed by atoms with Crippen molar-refractivity contribution in [2.45, 2.75) is 6.54 Å². The number of rotatable bonds is 8. The third-order valence-electron chi connectivity index (χ3n) is 4.32. The number of nitrogens with one attached hydrogen (secondary N) is 2. The van der Waals surface area contributed by atoms with Gasteiger partial charge in [0.1, 0.15) is 5.82 Å². The Bertz CT molecular complexity index is 1030. The SMILES string of the molecule is COCCNc1nc(NCc2ccccc2)c2cnn(-c3ccccc3)c2n1. The average Bonchev–Trinajstić information content (AvgIpc) is 3.18. The standard InChI is InChI=1S/C21H22N6O/c1-28-13-12-22-21-25-19(23-14-16-8-4-2-5-9-16)18-15-24-27(20(18)26-21)17-10-6-3-7-11-17/h2-11,15H,12-14H2,1H3,(H2,22,23,25,26). The van der Waals surface area contributed by atoms with Gasteiger partial charge in [-0.2, -0.15) is 15.1 Å². The van der Waals surface area contributed by atoms with Gasteiger partial charge < -0.3 is 15.4 Å². The zero-order valence-electron chi connectivity index (χ0n) is 15.7. The molecule has 0 bridgehead atoms. The monoisotopic (exact) mass is 374 g/mol. The molecule has 0 spiro atoms. The van der Waals surface area contributed by atoms with Crippen LogP contribution in [-0.2, 0) is 11.3 Å². The van der Waals surface area contributed by atoms with E-state index in [2.05, 4.69) is 37.8 Å². The molecule has 0 saturated carbocycles.